The van der Waals surface area contributed by atoms with Crippen LogP contribution in [0, 0.1) is 0 Å². The Labute approximate surface area is 178 Å². The molecule has 5 rings (SSSR count). The second-order valence-electron chi connectivity index (χ2n) is 7.09. The average molecular weight is 412 g/mol. The topological polar surface area (TPSA) is 70.7 Å². The molecule has 0 spiro atoms. The lowest BCUT2D eigenvalue weighted by Crippen LogP contribution is -2.24. The number of fused-ring (bicyclic) bond motifs is 3. The number of methoxy groups -OCH3 is 2. The summed E-state index contributed by atoms with van der Waals surface area (Å²) in [6, 6.07) is 22.9. The van der Waals surface area contributed by atoms with Crippen LogP contribution in [0.3, 0.4) is 0 Å². The molecule has 0 saturated carbocycles. The molecular weight excluding hydrogens is 392 g/mol. The van der Waals surface area contributed by atoms with E-state index in [1.807, 2.05) is 77.2 Å². The van der Waals surface area contributed by atoms with E-state index in [4.69, 9.17) is 9.47 Å². The van der Waals surface area contributed by atoms with Gasteiger partial charge in [-0.1, -0.05) is 48.5 Å². The highest BCUT2D eigenvalue weighted by Crippen LogP contribution is 2.37. The molecule has 0 atom stereocenters. The first-order valence-corrected chi connectivity index (χ1v) is 9.85. The van der Waals surface area contributed by atoms with Crippen LogP contribution in [0.5, 0.6) is 11.5 Å². The number of nitrogens with zero attached hydrogens (tertiary/aromatic N) is 4. The summed E-state index contributed by atoms with van der Waals surface area (Å²) in [7, 11) is 3.19. The maximum absolute atomic E-state index is 13.4. The molecule has 0 aliphatic rings. The molecule has 0 bridgehead atoms. The van der Waals surface area contributed by atoms with E-state index < -0.39 is 0 Å². The summed E-state index contributed by atoms with van der Waals surface area (Å²) in [4.78, 5) is 13.4. The van der Waals surface area contributed by atoms with Gasteiger partial charge in [-0.25, -0.2) is 0 Å². The number of aromatic nitrogens is 4. The van der Waals surface area contributed by atoms with Gasteiger partial charge in [0.15, 0.2) is 17.3 Å². The normalized spacial score (nSPS) is 11.2. The first kappa shape index (κ1) is 18.9. The Bertz CT molecular complexity index is 1450. The molecule has 0 N–H and O–H groups in total. The number of hydrogen-bond donors (Lipinski definition) is 0. The minimum atomic E-state index is -0.108. The smallest absolute Gasteiger partial charge is 0.263 e. The van der Waals surface area contributed by atoms with Gasteiger partial charge in [0.1, 0.15) is 0 Å². The predicted octanol–water partition coefficient (Wildman–Crippen LogP) is 3.78. The Morgan fingerprint density at radius 1 is 0.839 bits per heavy atom. The molecule has 7 heteroatoms. The third kappa shape index (κ3) is 3.02. The second kappa shape index (κ2) is 7.60. The summed E-state index contributed by atoms with van der Waals surface area (Å²) < 4.78 is 14.6. The van der Waals surface area contributed by atoms with Crippen molar-refractivity contribution in [1.29, 1.82) is 0 Å². The number of hydrogen-bond acceptors (Lipinski definition) is 5. The fraction of sp³-hybridized carbons (Fsp3) is 0.125. The molecule has 5 aromatic rings. The van der Waals surface area contributed by atoms with E-state index in [2.05, 4.69) is 10.2 Å². The van der Waals surface area contributed by atoms with Crippen molar-refractivity contribution < 1.29 is 9.47 Å². The second-order valence-corrected chi connectivity index (χ2v) is 7.09. The first-order valence-electron chi connectivity index (χ1n) is 9.85. The van der Waals surface area contributed by atoms with Gasteiger partial charge in [0.05, 0.1) is 37.2 Å². The fourth-order valence-electron chi connectivity index (χ4n) is 3.90. The molecule has 7 nitrogen and oxygen atoms in total. The molecule has 0 radical (unpaired) electrons. The third-order valence-corrected chi connectivity index (χ3v) is 5.34. The van der Waals surface area contributed by atoms with Crippen LogP contribution in [0.25, 0.3) is 28.1 Å². The highest BCUT2D eigenvalue weighted by Gasteiger charge is 2.21. The van der Waals surface area contributed by atoms with Crippen LogP contribution in [-0.2, 0) is 6.54 Å². The molecule has 0 unspecified atom stereocenters. The van der Waals surface area contributed by atoms with Gasteiger partial charge in [0.25, 0.3) is 5.56 Å². The summed E-state index contributed by atoms with van der Waals surface area (Å²) in [5.41, 5.74) is 2.36. The molecule has 2 aromatic heterocycles. The summed E-state index contributed by atoms with van der Waals surface area (Å²) in [6.07, 6.45) is 0. The maximum Gasteiger partial charge on any atom is 0.263 e. The van der Waals surface area contributed by atoms with E-state index in [-0.39, 0.29) is 5.56 Å². The first-order chi connectivity index (χ1) is 15.2. The molecule has 0 saturated heterocycles. The van der Waals surface area contributed by atoms with Crippen molar-refractivity contribution in [2.75, 3.05) is 14.2 Å². The van der Waals surface area contributed by atoms with Gasteiger partial charge in [0.2, 0.25) is 5.78 Å². The van der Waals surface area contributed by atoms with Crippen molar-refractivity contribution in [1.82, 2.24) is 19.2 Å². The standard InChI is InChI=1S/C24H20N4O3/c1-30-20-14-8-12-18(21(20)31-2)22-25-26-24-27(15-16-9-4-3-5-10-16)23(29)17-11-6-7-13-19(17)28(22)24/h3-14H,15H2,1-2H3. The number of para-hydroxylation sites is 2. The molecule has 2 heterocycles. The predicted molar refractivity (Wildman–Crippen MR) is 119 cm³/mol. The van der Waals surface area contributed by atoms with E-state index in [1.54, 1.807) is 18.8 Å². The zero-order valence-corrected chi connectivity index (χ0v) is 17.1. The number of ether oxygens (including phenoxy) is 2. The van der Waals surface area contributed by atoms with Gasteiger partial charge in [-0.3, -0.25) is 13.8 Å². The fourth-order valence-corrected chi connectivity index (χ4v) is 3.90. The van der Waals surface area contributed by atoms with Gasteiger partial charge in [-0.15, -0.1) is 10.2 Å². The molecule has 31 heavy (non-hydrogen) atoms. The largest absolute Gasteiger partial charge is 0.493 e. The van der Waals surface area contributed by atoms with Crippen LogP contribution in [0.15, 0.2) is 77.6 Å². The van der Waals surface area contributed by atoms with Gasteiger partial charge >= 0.3 is 0 Å². The molecule has 0 aliphatic heterocycles. The minimum absolute atomic E-state index is 0.108. The quantitative estimate of drug-likeness (QED) is 0.439. The molecule has 154 valence electrons. The highest BCUT2D eigenvalue weighted by molar-refractivity contribution is 5.83. The summed E-state index contributed by atoms with van der Waals surface area (Å²) in [6.45, 7) is 0.390. The van der Waals surface area contributed by atoms with E-state index >= 15 is 0 Å². The summed E-state index contributed by atoms with van der Waals surface area (Å²) in [5, 5.41) is 9.46. The van der Waals surface area contributed by atoms with Crippen molar-refractivity contribution in [3.63, 3.8) is 0 Å². The summed E-state index contributed by atoms with van der Waals surface area (Å²) in [5.74, 6) is 2.19. The molecule has 0 amide bonds. The van der Waals surface area contributed by atoms with Crippen LogP contribution >= 0.6 is 0 Å². The van der Waals surface area contributed by atoms with E-state index in [0.717, 1.165) is 16.6 Å². The van der Waals surface area contributed by atoms with E-state index in [1.165, 1.54) is 0 Å². The lowest BCUT2D eigenvalue weighted by Gasteiger charge is -2.14. The molecular formula is C24H20N4O3. The maximum atomic E-state index is 13.4. The van der Waals surface area contributed by atoms with Crippen molar-refractivity contribution in [3.8, 4) is 22.9 Å². The highest BCUT2D eigenvalue weighted by atomic mass is 16.5. The van der Waals surface area contributed by atoms with Crippen LogP contribution in [0.1, 0.15) is 5.56 Å². The van der Waals surface area contributed by atoms with E-state index in [0.29, 0.717) is 35.0 Å². The molecule has 3 aromatic carbocycles. The van der Waals surface area contributed by atoms with Crippen LogP contribution in [0.4, 0.5) is 0 Å². The monoisotopic (exact) mass is 412 g/mol. The van der Waals surface area contributed by atoms with Crippen LogP contribution in [0.2, 0.25) is 0 Å². The Morgan fingerprint density at radius 2 is 1.61 bits per heavy atom. The van der Waals surface area contributed by atoms with Crippen molar-refractivity contribution in [3.05, 3.63) is 88.7 Å². The number of benzene rings is 3. The lowest BCUT2D eigenvalue weighted by molar-refractivity contribution is 0.356. The Kier molecular flexibility index (Phi) is 4.63. The zero-order valence-electron chi connectivity index (χ0n) is 17.1. The third-order valence-electron chi connectivity index (χ3n) is 5.34. The SMILES string of the molecule is COc1cccc(-c2nnc3n(Cc4ccccc4)c(=O)c4ccccc4n23)c1OC. The van der Waals surface area contributed by atoms with Gasteiger partial charge < -0.3 is 9.47 Å². The summed E-state index contributed by atoms with van der Waals surface area (Å²) >= 11 is 0. The minimum Gasteiger partial charge on any atom is -0.493 e. The van der Waals surface area contributed by atoms with Crippen LogP contribution < -0.4 is 15.0 Å². The molecule has 0 fully saturated rings. The zero-order chi connectivity index (χ0) is 21.4. The molecule has 0 aliphatic carbocycles. The van der Waals surface area contributed by atoms with Gasteiger partial charge in [-0.05, 0) is 29.8 Å². The van der Waals surface area contributed by atoms with Gasteiger partial charge in [-0.2, -0.15) is 0 Å². The Morgan fingerprint density at radius 3 is 2.39 bits per heavy atom. The van der Waals surface area contributed by atoms with Crippen molar-refractivity contribution >= 4 is 16.7 Å². The number of rotatable bonds is 5. The van der Waals surface area contributed by atoms with Crippen LogP contribution in [-0.4, -0.2) is 33.4 Å². The Balaban J connectivity index is 1.86. The van der Waals surface area contributed by atoms with Gasteiger partial charge in [0, 0.05) is 0 Å². The lowest BCUT2D eigenvalue weighted by atomic mass is 10.1. The average Bonchev–Trinajstić information content (AvgIpc) is 3.27. The van der Waals surface area contributed by atoms with E-state index in [9.17, 15) is 4.79 Å². The Hall–Kier alpha value is -4.13. The van der Waals surface area contributed by atoms with Crippen molar-refractivity contribution in [2.24, 2.45) is 0 Å². The van der Waals surface area contributed by atoms with Crippen molar-refractivity contribution in [2.45, 2.75) is 6.54 Å².